The van der Waals surface area contributed by atoms with Crippen LogP contribution in [0.15, 0.2) is 12.4 Å². The van der Waals surface area contributed by atoms with Gasteiger partial charge in [0.1, 0.15) is 6.10 Å². The molecule has 1 heterocycles. The van der Waals surface area contributed by atoms with E-state index in [1.165, 1.54) is 0 Å². The molecule has 1 aromatic heterocycles. The molecule has 2 rings (SSSR count). The summed E-state index contributed by atoms with van der Waals surface area (Å²) in [5.41, 5.74) is 5.90. The lowest BCUT2D eigenvalue weighted by Gasteiger charge is -2.27. The molecule has 2 unspecified atom stereocenters. The number of nitrogens with zero attached hydrogens (tertiary/aromatic N) is 2. The maximum atomic E-state index is 12.5. The first kappa shape index (κ1) is 10.3. The molecule has 1 aliphatic rings. The number of aromatic nitrogens is 2. The smallest absolute Gasteiger partial charge is 0.316 e. The lowest BCUT2D eigenvalue weighted by atomic mass is 9.93. The Hall–Kier alpha value is -1.23. The highest BCUT2D eigenvalue weighted by molar-refractivity contribution is 4.97. The van der Waals surface area contributed by atoms with E-state index in [-0.39, 0.29) is 18.2 Å². The Morgan fingerprint density at radius 1 is 1.27 bits per heavy atom. The molecule has 0 spiro atoms. The molecular weight excluding hydrogens is 197 g/mol. The molecule has 0 amide bonds. The van der Waals surface area contributed by atoms with Crippen LogP contribution in [-0.2, 0) is 0 Å². The van der Waals surface area contributed by atoms with E-state index in [4.69, 9.17) is 10.5 Å². The second-order valence-corrected chi connectivity index (χ2v) is 3.79. The Bertz CT molecular complexity index is 317. The average Bonchev–Trinajstić information content (AvgIpc) is 2.25. The maximum absolute atomic E-state index is 12.5. The van der Waals surface area contributed by atoms with Gasteiger partial charge in [-0.3, -0.25) is 0 Å². The largest absolute Gasteiger partial charge is 0.458 e. The fourth-order valence-electron chi connectivity index (χ4n) is 1.77. The van der Waals surface area contributed by atoms with Crippen molar-refractivity contribution in [3.05, 3.63) is 18.2 Å². The lowest BCUT2D eigenvalue weighted by Crippen LogP contribution is -2.41. The molecule has 0 aliphatic heterocycles. The number of hydrogen-bond acceptors (Lipinski definition) is 4. The van der Waals surface area contributed by atoms with Crippen LogP contribution in [0.5, 0.6) is 6.01 Å². The van der Waals surface area contributed by atoms with Gasteiger partial charge in [-0.1, -0.05) is 6.42 Å². The lowest BCUT2D eigenvalue weighted by molar-refractivity contribution is 0.120. The van der Waals surface area contributed by atoms with Crippen molar-refractivity contribution < 1.29 is 9.13 Å². The normalized spacial score (nSPS) is 26.3. The fraction of sp³-hybridized carbons (Fsp3) is 0.600. The van der Waals surface area contributed by atoms with Gasteiger partial charge in [-0.05, 0) is 19.3 Å². The molecule has 82 valence electrons. The number of halogens is 1. The van der Waals surface area contributed by atoms with E-state index >= 15 is 0 Å². The first-order valence-electron chi connectivity index (χ1n) is 5.15. The van der Waals surface area contributed by atoms with Crippen LogP contribution in [0.3, 0.4) is 0 Å². The zero-order chi connectivity index (χ0) is 10.7. The molecule has 0 saturated heterocycles. The summed E-state index contributed by atoms with van der Waals surface area (Å²) in [5.74, 6) is -0.463. The molecule has 2 N–H and O–H groups in total. The number of hydrogen-bond donors (Lipinski definition) is 1. The highest BCUT2D eigenvalue weighted by atomic mass is 19.1. The molecule has 0 radical (unpaired) electrons. The van der Waals surface area contributed by atoms with Gasteiger partial charge < -0.3 is 10.5 Å². The second kappa shape index (κ2) is 4.53. The van der Waals surface area contributed by atoms with Crippen molar-refractivity contribution in [2.75, 3.05) is 0 Å². The number of ether oxygens (including phenoxy) is 1. The van der Waals surface area contributed by atoms with E-state index in [0.29, 0.717) is 0 Å². The maximum Gasteiger partial charge on any atom is 0.316 e. The van der Waals surface area contributed by atoms with E-state index in [1.807, 2.05) is 0 Å². The van der Waals surface area contributed by atoms with Crippen molar-refractivity contribution in [3.63, 3.8) is 0 Å². The predicted octanol–water partition coefficient (Wildman–Crippen LogP) is 1.26. The molecule has 0 bridgehead atoms. The van der Waals surface area contributed by atoms with Gasteiger partial charge in [-0.2, -0.15) is 0 Å². The van der Waals surface area contributed by atoms with Crippen LogP contribution >= 0.6 is 0 Å². The Balaban J connectivity index is 1.98. The first-order chi connectivity index (χ1) is 7.25. The van der Waals surface area contributed by atoms with Crippen molar-refractivity contribution in [1.82, 2.24) is 9.97 Å². The van der Waals surface area contributed by atoms with Crippen molar-refractivity contribution in [3.8, 4) is 6.01 Å². The molecule has 1 aromatic rings. The molecule has 1 fully saturated rings. The van der Waals surface area contributed by atoms with Crippen LogP contribution in [-0.4, -0.2) is 22.1 Å². The van der Waals surface area contributed by atoms with Gasteiger partial charge >= 0.3 is 6.01 Å². The van der Waals surface area contributed by atoms with Crippen LogP contribution in [0.4, 0.5) is 4.39 Å². The second-order valence-electron chi connectivity index (χ2n) is 3.79. The molecule has 1 saturated carbocycles. The first-order valence-corrected chi connectivity index (χ1v) is 5.15. The summed E-state index contributed by atoms with van der Waals surface area (Å²) in [6.45, 7) is 0. The molecule has 0 aromatic carbocycles. The molecule has 15 heavy (non-hydrogen) atoms. The third-order valence-electron chi connectivity index (χ3n) is 2.61. The Morgan fingerprint density at radius 2 is 1.93 bits per heavy atom. The average molecular weight is 211 g/mol. The van der Waals surface area contributed by atoms with Crippen LogP contribution < -0.4 is 10.5 Å². The van der Waals surface area contributed by atoms with Crippen LogP contribution in [0, 0.1) is 5.82 Å². The monoisotopic (exact) mass is 211 g/mol. The minimum Gasteiger partial charge on any atom is -0.458 e. The predicted molar refractivity (Wildman–Crippen MR) is 52.8 cm³/mol. The molecule has 4 nitrogen and oxygen atoms in total. The zero-order valence-corrected chi connectivity index (χ0v) is 8.40. The molecule has 5 heteroatoms. The van der Waals surface area contributed by atoms with Gasteiger partial charge in [0.25, 0.3) is 0 Å². The minimum absolute atomic E-state index is 0.0346. The van der Waals surface area contributed by atoms with Gasteiger partial charge in [-0.25, -0.2) is 14.4 Å². The van der Waals surface area contributed by atoms with Gasteiger partial charge in [0.2, 0.25) is 0 Å². The fourth-order valence-corrected chi connectivity index (χ4v) is 1.77. The van der Waals surface area contributed by atoms with Crippen LogP contribution in [0.25, 0.3) is 0 Å². The van der Waals surface area contributed by atoms with Crippen molar-refractivity contribution in [1.29, 1.82) is 0 Å². The van der Waals surface area contributed by atoms with E-state index in [1.54, 1.807) is 0 Å². The van der Waals surface area contributed by atoms with Gasteiger partial charge in [-0.15, -0.1) is 0 Å². The standard InChI is InChI=1S/C10H14FN3O/c11-7-5-13-10(14-6-7)15-9-4-2-1-3-8(9)12/h5-6,8-9H,1-4,12H2. The minimum atomic E-state index is -0.463. The molecular formula is C10H14FN3O. The highest BCUT2D eigenvalue weighted by Crippen LogP contribution is 2.20. The summed E-state index contributed by atoms with van der Waals surface area (Å²) in [6.07, 6.45) is 6.29. The van der Waals surface area contributed by atoms with E-state index in [0.717, 1.165) is 38.1 Å². The zero-order valence-electron chi connectivity index (χ0n) is 8.40. The highest BCUT2D eigenvalue weighted by Gasteiger charge is 2.24. The third kappa shape index (κ3) is 2.62. The van der Waals surface area contributed by atoms with Crippen molar-refractivity contribution in [2.24, 2.45) is 5.73 Å². The van der Waals surface area contributed by atoms with Crippen molar-refractivity contribution >= 4 is 0 Å². The summed E-state index contributed by atoms with van der Waals surface area (Å²) in [4.78, 5) is 7.49. The van der Waals surface area contributed by atoms with Gasteiger partial charge in [0.15, 0.2) is 5.82 Å². The molecule has 2 atom stereocenters. The van der Waals surface area contributed by atoms with E-state index in [2.05, 4.69) is 9.97 Å². The SMILES string of the molecule is NC1CCCCC1Oc1ncc(F)cn1. The Labute approximate surface area is 87.7 Å². The summed E-state index contributed by atoms with van der Waals surface area (Å²) in [7, 11) is 0. The summed E-state index contributed by atoms with van der Waals surface area (Å²) >= 11 is 0. The number of rotatable bonds is 2. The van der Waals surface area contributed by atoms with Gasteiger partial charge in [0.05, 0.1) is 12.4 Å². The topological polar surface area (TPSA) is 61.0 Å². The Kier molecular flexibility index (Phi) is 3.11. The third-order valence-corrected chi connectivity index (χ3v) is 2.61. The Morgan fingerprint density at radius 3 is 2.60 bits per heavy atom. The quantitative estimate of drug-likeness (QED) is 0.800. The van der Waals surface area contributed by atoms with Gasteiger partial charge in [0, 0.05) is 6.04 Å². The van der Waals surface area contributed by atoms with E-state index < -0.39 is 5.82 Å². The van der Waals surface area contributed by atoms with Crippen LogP contribution in [0.2, 0.25) is 0 Å². The van der Waals surface area contributed by atoms with Crippen molar-refractivity contribution in [2.45, 2.75) is 37.8 Å². The van der Waals surface area contributed by atoms with E-state index in [9.17, 15) is 4.39 Å². The summed E-state index contributed by atoms with van der Waals surface area (Å²) < 4.78 is 18.0. The summed E-state index contributed by atoms with van der Waals surface area (Å²) in [6, 6.07) is 0.242. The number of nitrogens with two attached hydrogens (primary N) is 1. The van der Waals surface area contributed by atoms with Crippen LogP contribution in [0.1, 0.15) is 25.7 Å². The summed E-state index contributed by atoms with van der Waals surface area (Å²) in [5, 5.41) is 0. The molecule has 1 aliphatic carbocycles.